The number of hydrogen-bond donors (Lipinski definition) is 0. The van der Waals surface area contributed by atoms with E-state index < -0.39 is 10.2 Å². The number of benzene rings is 1. The molecule has 0 aliphatic carbocycles. The second-order valence-electron chi connectivity index (χ2n) is 3.94. The van der Waals surface area contributed by atoms with Crippen LogP contribution in [0.2, 0.25) is 0 Å². The summed E-state index contributed by atoms with van der Waals surface area (Å²) in [7, 11) is -4.61. The molecule has 1 aromatic rings. The van der Waals surface area contributed by atoms with Crippen LogP contribution in [0.15, 0.2) is 29.2 Å². The molecule has 0 saturated carbocycles. The van der Waals surface area contributed by atoms with Gasteiger partial charge in [-0.1, -0.05) is 13.8 Å². The summed E-state index contributed by atoms with van der Waals surface area (Å²) < 4.78 is 39.0. The summed E-state index contributed by atoms with van der Waals surface area (Å²) in [5.41, 5.74) is 0. The molecule has 0 radical (unpaired) electrons. The number of halogens is 1. The van der Waals surface area contributed by atoms with Crippen LogP contribution < -0.4 is 4.74 Å². The molecule has 1 aromatic carbocycles. The van der Waals surface area contributed by atoms with Crippen LogP contribution in [-0.2, 0) is 10.2 Å². The molecule has 0 fully saturated rings. The van der Waals surface area contributed by atoms with Crippen LogP contribution in [0, 0.1) is 5.92 Å². The maximum Gasteiger partial charge on any atom is 0.332 e. The summed E-state index contributed by atoms with van der Waals surface area (Å²) in [6.07, 6.45) is 0.920. The molecule has 0 unspecified atom stereocenters. The molecule has 0 N–H and O–H groups in total. The Morgan fingerprint density at radius 1 is 1.25 bits per heavy atom. The first kappa shape index (κ1) is 13.0. The predicted octanol–water partition coefficient (Wildman–Crippen LogP) is 2.77. The predicted molar refractivity (Wildman–Crippen MR) is 59.7 cm³/mol. The fourth-order valence-corrected chi connectivity index (χ4v) is 1.57. The van der Waals surface area contributed by atoms with Crippen molar-refractivity contribution in [2.24, 2.45) is 5.92 Å². The lowest BCUT2D eigenvalue weighted by molar-refractivity contribution is 0.289. The summed E-state index contributed by atoms with van der Waals surface area (Å²) in [6, 6.07) is 5.29. The third kappa shape index (κ3) is 4.18. The molecule has 0 spiro atoms. The van der Waals surface area contributed by atoms with Gasteiger partial charge in [0.25, 0.3) is 0 Å². The molecule has 90 valence electrons. The zero-order valence-corrected chi connectivity index (χ0v) is 10.1. The van der Waals surface area contributed by atoms with Crippen molar-refractivity contribution in [1.29, 1.82) is 0 Å². The van der Waals surface area contributed by atoms with E-state index in [1.165, 1.54) is 24.3 Å². The summed E-state index contributed by atoms with van der Waals surface area (Å²) in [4.78, 5) is -0.344. The molecule has 16 heavy (non-hydrogen) atoms. The fraction of sp³-hybridized carbons (Fsp3) is 0.455. The average Bonchev–Trinajstić information content (AvgIpc) is 2.16. The molecular formula is C11H15FO3S. The third-order valence-electron chi connectivity index (χ3n) is 2.07. The van der Waals surface area contributed by atoms with Crippen molar-refractivity contribution in [2.75, 3.05) is 6.61 Å². The van der Waals surface area contributed by atoms with Crippen molar-refractivity contribution in [3.63, 3.8) is 0 Å². The van der Waals surface area contributed by atoms with Gasteiger partial charge in [-0.3, -0.25) is 0 Å². The molecule has 0 aliphatic rings. The SMILES string of the molecule is CC(C)CCOc1ccc(S(=O)(=O)F)cc1. The maximum atomic E-state index is 12.5. The van der Waals surface area contributed by atoms with E-state index >= 15 is 0 Å². The second-order valence-corrected chi connectivity index (χ2v) is 5.29. The van der Waals surface area contributed by atoms with Crippen molar-refractivity contribution in [1.82, 2.24) is 0 Å². The molecular weight excluding hydrogens is 231 g/mol. The topological polar surface area (TPSA) is 43.4 Å². The van der Waals surface area contributed by atoms with E-state index in [9.17, 15) is 12.3 Å². The van der Waals surface area contributed by atoms with Crippen LogP contribution in [0.5, 0.6) is 5.75 Å². The third-order valence-corrected chi connectivity index (χ3v) is 2.90. The van der Waals surface area contributed by atoms with Crippen molar-refractivity contribution in [2.45, 2.75) is 25.2 Å². The van der Waals surface area contributed by atoms with Gasteiger partial charge in [-0.15, -0.1) is 3.89 Å². The highest BCUT2D eigenvalue weighted by Crippen LogP contribution is 2.17. The molecule has 0 bridgehead atoms. The number of hydrogen-bond acceptors (Lipinski definition) is 3. The van der Waals surface area contributed by atoms with E-state index in [0.29, 0.717) is 18.3 Å². The highest BCUT2D eigenvalue weighted by molar-refractivity contribution is 7.86. The lowest BCUT2D eigenvalue weighted by Gasteiger charge is -2.07. The van der Waals surface area contributed by atoms with Gasteiger partial charge < -0.3 is 4.74 Å². The van der Waals surface area contributed by atoms with Gasteiger partial charge >= 0.3 is 10.2 Å². The van der Waals surface area contributed by atoms with E-state index in [0.717, 1.165) is 6.42 Å². The van der Waals surface area contributed by atoms with Crippen LogP contribution in [0.3, 0.4) is 0 Å². The van der Waals surface area contributed by atoms with Crippen molar-refractivity contribution >= 4 is 10.2 Å². The summed E-state index contributed by atoms with van der Waals surface area (Å²) in [6.45, 7) is 4.74. The van der Waals surface area contributed by atoms with E-state index in [1.807, 2.05) is 0 Å². The lowest BCUT2D eigenvalue weighted by atomic mass is 10.1. The minimum absolute atomic E-state index is 0.344. The molecule has 0 saturated heterocycles. The Bertz CT molecular complexity index is 423. The van der Waals surface area contributed by atoms with E-state index in [4.69, 9.17) is 4.74 Å². The minimum atomic E-state index is -4.61. The average molecular weight is 246 g/mol. The number of ether oxygens (including phenoxy) is 1. The van der Waals surface area contributed by atoms with Gasteiger partial charge in [0.15, 0.2) is 0 Å². The fourth-order valence-electron chi connectivity index (χ4n) is 1.11. The Morgan fingerprint density at radius 2 is 1.81 bits per heavy atom. The largest absolute Gasteiger partial charge is 0.494 e. The Labute approximate surface area is 95.5 Å². The highest BCUT2D eigenvalue weighted by Gasteiger charge is 2.10. The Balaban J connectivity index is 2.59. The summed E-state index contributed by atoms with van der Waals surface area (Å²) >= 11 is 0. The zero-order chi connectivity index (χ0) is 12.2. The van der Waals surface area contributed by atoms with Gasteiger partial charge in [0.05, 0.1) is 11.5 Å². The van der Waals surface area contributed by atoms with Crippen molar-refractivity contribution in [3.05, 3.63) is 24.3 Å². The molecule has 5 heteroatoms. The maximum absolute atomic E-state index is 12.5. The molecule has 0 heterocycles. The van der Waals surface area contributed by atoms with E-state index in [-0.39, 0.29) is 4.90 Å². The van der Waals surface area contributed by atoms with E-state index in [2.05, 4.69) is 13.8 Å². The normalized spacial score (nSPS) is 11.8. The molecule has 0 aromatic heterocycles. The molecule has 0 atom stereocenters. The van der Waals surface area contributed by atoms with Gasteiger partial charge in [0.1, 0.15) is 5.75 Å². The lowest BCUT2D eigenvalue weighted by Crippen LogP contribution is -2.01. The van der Waals surface area contributed by atoms with Gasteiger partial charge in [-0.2, -0.15) is 8.42 Å². The van der Waals surface area contributed by atoms with Crippen molar-refractivity contribution in [3.8, 4) is 5.75 Å². The summed E-state index contributed by atoms with van der Waals surface area (Å²) in [5.74, 6) is 1.10. The quantitative estimate of drug-likeness (QED) is 0.750. The van der Waals surface area contributed by atoms with Crippen LogP contribution in [-0.4, -0.2) is 15.0 Å². The minimum Gasteiger partial charge on any atom is -0.494 e. The van der Waals surface area contributed by atoms with Crippen LogP contribution in [0.1, 0.15) is 20.3 Å². The summed E-state index contributed by atoms with van der Waals surface area (Å²) in [5, 5.41) is 0. The van der Waals surface area contributed by atoms with Crippen LogP contribution in [0.25, 0.3) is 0 Å². The standard InChI is InChI=1S/C11H15FO3S/c1-9(2)7-8-15-10-3-5-11(6-4-10)16(12,13)14/h3-6,9H,7-8H2,1-2H3. The number of rotatable bonds is 5. The first-order valence-corrected chi connectivity index (χ1v) is 6.45. The molecule has 1 rings (SSSR count). The Hall–Kier alpha value is -1.10. The zero-order valence-electron chi connectivity index (χ0n) is 9.31. The molecule has 3 nitrogen and oxygen atoms in total. The Morgan fingerprint density at radius 3 is 2.25 bits per heavy atom. The molecule has 0 aliphatic heterocycles. The Kier molecular flexibility index (Phi) is 4.29. The molecule has 0 amide bonds. The van der Waals surface area contributed by atoms with Gasteiger partial charge in [-0.05, 0) is 36.6 Å². The first-order valence-electron chi connectivity index (χ1n) is 5.07. The highest BCUT2D eigenvalue weighted by atomic mass is 32.3. The van der Waals surface area contributed by atoms with Gasteiger partial charge in [0, 0.05) is 0 Å². The van der Waals surface area contributed by atoms with Crippen LogP contribution in [0.4, 0.5) is 3.89 Å². The first-order chi connectivity index (χ1) is 7.39. The monoisotopic (exact) mass is 246 g/mol. The second kappa shape index (κ2) is 5.30. The smallest absolute Gasteiger partial charge is 0.332 e. The van der Waals surface area contributed by atoms with Gasteiger partial charge in [-0.25, -0.2) is 0 Å². The van der Waals surface area contributed by atoms with E-state index in [1.54, 1.807) is 0 Å². The van der Waals surface area contributed by atoms with Gasteiger partial charge in [0.2, 0.25) is 0 Å². The van der Waals surface area contributed by atoms with Crippen LogP contribution >= 0.6 is 0 Å². The van der Waals surface area contributed by atoms with Crippen molar-refractivity contribution < 1.29 is 17.0 Å².